The van der Waals surface area contributed by atoms with Gasteiger partial charge in [0.25, 0.3) is 5.91 Å². The summed E-state index contributed by atoms with van der Waals surface area (Å²) in [5.74, 6) is -0.869. The third-order valence-electron chi connectivity index (χ3n) is 4.01. The standard InChI is InChI=1S/C18H23N3O3/c1-11(2)16(18(23)24-5)20-17(22)14-10-19-21(13(14)4)15-9-7-6-8-12(15)3/h6-11,16H,1-5H3,(H,20,22). The molecule has 0 bridgehead atoms. The number of nitrogens with zero attached hydrogens (tertiary/aromatic N) is 2. The van der Waals surface area contributed by atoms with Crippen LogP contribution in [-0.2, 0) is 9.53 Å². The third kappa shape index (κ3) is 3.48. The van der Waals surface area contributed by atoms with Crippen LogP contribution in [0.25, 0.3) is 5.69 Å². The predicted octanol–water partition coefficient (Wildman–Crippen LogP) is 2.42. The number of aryl methyl sites for hydroxylation is 1. The average Bonchev–Trinajstić information content (AvgIpc) is 2.93. The Balaban J connectivity index is 2.29. The molecule has 0 aliphatic rings. The molecule has 0 spiro atoms. The maximum atomic E-state index is 12.6. The molecule has 1 atom stereocenters. The molecule has 1 aromatic carbocycles. The molecular formula is C18H23N3O3. The number of benzene rings is 1. The lowest BCUT2D eigenvalue weighted by atomic mass is 10.0. The van der Waals surface area contributed by atoms with Gasteiger partial charge < -0.3 is 10.1 Å². The van der Waals surface area contributed by atoms with Gasteiger partial charge in [-0.05, 0) is 31.4 Å². The summed E-state index contributed by atoms with van der Waals surface area (Å²) in [4.78, 5) is 24.4. The minimum absolute atomic E-state index is 0.0758. The van der Waals surface area contributed by atoms with Crippen molar-refractivity contribution in [3.63, 3.8) is 0 Å². The van der Waals surface area contributed by atoms with Crippen molar-refractivity contribution in [1.82, 2.24) is 15.1 Å². The first-order chi connectivity index (χ1) is 11.4. The smallest absolute Gasteiger partial charge is 0.328 e. The van der Waals surface area contributed by atoms with E-state index in [2.05, 4.69) is 10.4 Å². The summed E-state index contributed by atoms with van der Waals surface area (Å²) in [6, 6.07) is 7.12. The molecule has 0 aliphatic heterocycles. The number of hydrogen-bond donors (Lipinski definition) is 1. The molecule has 2 rings (SSSR count). The lowest BCUT2D eigenvalue weighted by molar-refractivity contribution is -0.144. The maximum Gasteiger partial charge on any atom is 0.328 e. The molecule has 0 fully saturated rings. The van der Waals surface area contributed by atoms with E-state index >= 15 is 0 Å². The van der Waals surface area contributed by atoms with Crippen molar-refractivity contribution in [1.29, 1.82) is 0 Å². The summed E-state index contributed by atoms with van der Waals surface area (Å²) >= 11 is 0. The molecule has 0 saturated carbocycles. The van der Waals surface area contributed by atoms with E-state index in [0.29, 0.717) is 11.3 Å². The highest BCUT2D eigenvalue weighted by atomic mass is 16.5. The molecule has 24 heavy (non-hydrogen) atoms. The number of para-hydroxylation sites is 1. The first kappa shape index (κ1) is 17.7. The van der Waals surface area contributed by atoms with Crippen molar-refractivity contribution in [3.8, 4) is 5.69 Å². The van der Waals surface area contributed by atoms with Crippen LogP contribution in [0.1, 0.15) is 35.5 Å². The van der Waals surface area contributed by atoms with Crippen LogP contribution in [0.4, 0.5) is 0 Å². The van der Waals surface area contributed by atoms with Gasteiger partial charge >= 0.3 is 5.97 Å². The molecule has 1 N–H and O–H groups in total. The molecule has 1 amide bonds. The fourth-order valence-corrected chi connectivity index (χ4v) is 2.52. The van der Waals surface area contributed by atoms with Crippen molar-refractivity contribution in [2.45, 2.75) is 33.7 Å². The van der Waals surface area contributed by atoms with Gasteiger partial charge in [0.05, 0.1) is 30.3 Å². The fourth-order valence-electron chi connectivity index (χ4n) is 2.52. The topological polar surface area (TPSA) is 73.2 Å². The first-order valence-corrected chi connectivity index (χ1v) is 7.86. The minimum atomic E-state index is -0.691. The number of rotatable bonds is 5. The minimum Gasteiger partial charge on any atom is -0.467 e. The van der Waals surface area contributed by atoms with E-state index in [1.165, 1.54) is 13.3 Å². The van der Waals surface area contributed by atoms with Crippen molar-refractivity contribution < 1.29 is 14.3 Å². The van der Waals surface area contributed by atoms with Gasteiger partial charge in [-0.3, -0.25) is 4.79 Å². The van der Waals surface area contributed by atoms with E-state index in [1.54, 1.807) is 4.68 Å². The van der Waals surface area contributed by atoms with Gasteiger partial charge in [0.15, 0.2) is 0 Å². The number of methoxy groups -OCH3 is 1. The number of aromatic nitrogens is 2. The molecule has 2 aromatic rings. The SMILES string of the molecule is COC(=O)C(NC(=O)c1cnn(-c2ccccc2C)c1C)C(C)C. The summed E-state index contributed by atoms with van der Waals surface area (Å²) in [6.45, 7) is 7.52. The Morgan fingerprint density at radius 3 is 2.46 bits per heavy atom. The summed E-state index contributed by atoms with van der Waals surface area (Å²) in [6.07, 6.45) is 1.52. The van der Waals surface area contributed by atoms with Gasteiger partial charge in [0.2, 0.25) is 0 Å². The second-order valence-corrected chi connectivity index (χ2v) is 6.06. The van der Waals surface area contributed by atoms with Gasteiger partial charge in [-0.15, -0.1) is 0 Å². The average molecular weight is 329 g/mol. The molecule has 128 valence electrons. The van der Waals surface area contributed by atoms with E-state index < -0.39 is 12.0 Å². The molecule has 6 heteroatoms. The Morgan fingerprint density at radius 2 is 1.88 bits per heavy atom. The first-order valence-electron chi connectivity index (χ1n) is 7.86. The zero-order valence-electron chi connectivity index (χ0n) is 14.7. The molecular weight excluding hydrogens is 306 g/mol. The van der Waals surface area contributed by atoms with Gasteiger partial charge in [0.1, 0.15) is 6.04 Å². The molecule has 0 saturated heterocycles. The molecule has 1 unspecified atom stereocenters. The van der Waals surface area contributed by atoms with Crippen LogP contribution >= 0.6 is 0 Å². The highest BCUT2D eigenvalue weighted by molar-refractivity contribution is 5.97. The quantitative estimate of drug-likeness (QED) is 0.855. The third-order valence-corrected chi connectivity index (χ3v) is 4.01. The molecule has 1 aromatic heterocycles. The number of ether oxygens (including phenoxy) is 1. The molecule has 6 nitrogen and oxygen atoms in total. The Hall–Kier alpha value is -2.63. The summed E-state index contributed by atoms with van der Waals surface area (Å²) in [5, 5.41) is 7.06. The van der Waals surface area contributed by atoms with E-state index in [1.807, 2.05) is 52.0 Å². The second-order valence-electron chi connectivity index (χ2n) is 6.06. The van der Waals surface area contributed by atoms with Gasteiger partial charge in [-0.1, -0.05) is 32.0 Å². The highest BCUT2D eigenvalue weighted by Gasteiger charge is 2.27. The summed E-state index contributed by atoms with van der Waals surface area (Å²) < 4.78 is 6.49. The monoisotopic (exact) mass is 329 g/mol. The Labute approximate surface area is 141 Å². The number of hydrogen-bond acceptors (Lipinski definition) is 4. The Bertz CT molecular complexity index is 750. The largest absolute Gasteiger partial charge is 0.467 e. The van der Waals surface area contributed by atoms with Crippen LogP contribution in [0.3, 0.4) is 0 Å². The van der Waals surface area contributed by atoms with Crippen molar-refractivity contribution in [2.24, 2.45) is 5.92 Å². The van der Waals surface area contributed by atoms with Crippen LogP contribution in [-0.4, -0.2) is 34.8 Å². The van der Waals surface area contributed by atoms with Crippen molar-refractivity contribution in [3.05, 3.63) is 47.3 Å². The predicted molar refractivity (Wildman–Crippen MR) is 91.1 cm³/mol. The number of carbonyl (C=O) groups excluding carboxylic acids is 2. The number of carbonyl (C=O) groups is 2. The zero-order valence-corrected chi connectivity index (χ0v) is 14.7. The van der Waals surface area contributed by atoms with Gasteiger partial charge in [-0.25, -0.2) is 9.48 Å². The van der Waals surface area contributed by atoms with Crippen LogP contribution < -0.4 is 5.32 Å². The maximum absolute atomic E-state index is 12.6. The zero-order chi connectivity index (χ0) is 17.9. The van der Waals surface area contributed by atoms with E-state index in [4.69, 9.17) is 4.74 Å². The Morgan fingerprint density at radius 1 is 1.21 bits per heavy atom. The van der Waals surface area contributed by atoms with Gasteiger partial charge in [0, 0.05) is 0 Å². The molecule has 1 heterocycles. The lowest BCUT2D eigenvalue weighted by Gasteiger charge is -2.19. The lowest BCUT2D eigenvalue weighted by Crippen LogP contribution is -2.45. The van der Waals surface area contributed by atoms with E-state index in [-0.39, 0.29) is 11.8 Å². The van der Waals surface area contributed by atoms with Crippen LogP contribution in [0.2, 0.25) is 0 Å². The molecule has 0 aliphatic carbocycles. The summed E-state index contributed by atoms with van der Waals surface area (Å²) in [7, 11) is 1.31. The van der Waals surface area contributed by atoms with Crippen LogP contribution in [0.15, 0.2) is 30.5 Å². The van der Waals surface area contributed by atoms with E-state index in [0.717, 1.165) is 11.3 Å². The Kier molecular flexibility index (Phi) is 5.39. The van der Waals surface area contributed by atoms with Crippen molar-refractivity contribution in [2.75, 3.05) is 7.11 Å². The van der Waals surface area contributed by atoms with Crippen molar-refractivity contribution >= 4 is 11.9 Å². The number of amides is 1. The van der Waals surface area contributed by atoms with Gasteiger partial charge in [-0.2, -0.15) is 5.10 Å². The second kappa shape index (κ2) is 7.29. The summed E-state index contributed by atoms with van der Waals surface area (Å²) in [5.41, 5.74) is 3.13. The fraction of sp³-hybridized carbons (Fsp3) is 0.389. The van der Waals surface area contributed by atoms with E-state index in [9.17, 15) is 9.59 Å². The highest BCUT2D eigenvalue weighted by Crippen LogP contribution is 2.18. The van der Waals surface area contributed by atoms with Crippen LogP contribution in [0.5, 0.6) is 0 Å². The number of esters is 1. The number of nitrogens with one attached hydrogen (secondary N) is 1. The normalized spacial score (nSPS) is 12.1. The molecule has 0 radical (unpaired) electrons. The van der Waals surface area contributed by atoms with Crippen LogP contribution in [0, 0.1) is 19.8 Å².